The van der Waals surface area contributed by atoms with Gasteiger partial charge in [-0.05, 0) is 46.2 Å². The number of carbonyl (C=O) groups is 1. The van der Waals surface area contributed by atoms with Gasteiger partial charge in [-0.1, -0.05) is 60.7 Å². The molecule has 2 fully saturated rings. The fourth-order valence-corrected chi connectivity index (χ4v) is 5.56. The van der Waals surface area contributed by atoms with Crippen LogP contribution in [0.1, 0.15) is 52.0 Å². The number of rotatable bonds is 10. The third kappa shape index (κ3) is 7.37. The van der Waals surface area contributed by atoms with Gasteiger partial charge in [-0.15, -0.1) is 0 Å². The Kier molecular flexibility index (Phi) is 9.05. The van der Waals surface area contributed by atoms with Crippen LogP contribution in [-0.4, -0.2) is 68.4 Å². The molecular formula is C34H40N6O6. The number of hydrogen-bond acceptors (Lipinski definition) is 10. The van der Waals surface area contributed by atoms with E-state index in [2.05, 4.69) is 31.7 Å². The van der Waals surface area contributed by atoms with Gasteiger partial charge in [-0.3, -0.25) is 9.88 Å². The van der Waals surface area contributed by atoms with Gasteiger partial charge in [-0.2, -0.15) is 0 Å². The van der Waals surface area contributed by atoms with Gasteiger partial charge in [0, 0.05) is 18.7 Å². The summed E-state index contributed by atoms with van der Waals surface area (Å²) in [6, 6.07) is 18.1. The van der Waals surface area contributed by atoms with E-state index in [9.17, 15) is 4.79 Å². The number of aromatic nitrogens is 4. The van der Waals surface area contributed by atoms with E-state index in [0.29, 0.717) is 30.9 Å². The molecule has 2 saturated heterocycles. The quantitative estimate of drug-likeness (QED) is 0.218. The van der Waals surface area contributed by atoms with Crippen LogP contribution >= 0.6 is 0 Å². The lowest BCUT2D eigenvalue weighted by Gasteiger charge is -2.25. The third-order valence-electron chi connectivity index (χ3n) is 7.44. The standard InChI is InChI=1S/C34H40N6O6/c1-33(2,3)46-32(41)39-29-26-30(37-20-36-29)40(21-38-26)31-28-27(44-34(4,5)45-28)25(43-31)18-35-17-11-15-23-14-9-10-16-24(23)42-19-22-12-7-6-8-13-22/h6-16,20-21,25,27-28,31,35H,17-19H2,1-5H3,(H,36,37,39,41)/t25-,27+,28?,31-/m1/s1. The van der Waals surface area contributed by atoms with Crippen molar-refractivity contribution >= 4 is 29.2 Å². The molecule has 2 aromatic heterocycles. The molecule has 0 radical (unpaired) electrons. The lowest BCUT2D eigenvalue weighted by molar-refractivity contribution is -0.195. The van der Waals surface area contributed by atoms with Gasteiger partial charge in [0.15, 0.2) is 29.0 Å². The molecule has 6 rings (SSSR count). The maximum atomic E-state index is 12.4. The van der Waals surface area contributed by atoms with Crippen molar-refractivity contribution in [2.75, 3.05) is 18.4 Å². The van der Waals surface area contributed by atoms with Crippen LogP contribution in [0.25, 0.3) is 17.2 Å². The maximum absolute atomic E-state index is 12.4. The predicted octanol–water partition coefficient (Wildman–Crippen LogP) is 5.47. The van der Waals surface area contributed by atoms with Crippen molar-refractivity contribution in [2.24, 2.45) is 0 Å². The second kappa shape index (κ2) is 13.2. The van der Waals surface area contributed by atoms with Gasteiger partial charge in [-0.25, -0.2) is 19.7 Å². The summed E-state index contributed by atoms with van der Waals surface area (Å²) in [4.78, 5) is 25.6. The number of hydrogen-bond donors (Lipinski definition) is 2. The first-order chi connectivity index (χ1) is 22.1. The van der Waals surface area contributed by atoms with E-state index in [0.717, 1.165) is 16.9 Å². The third-order valence-corrected chi connectivity index (χ3v) is 7.44. The predicted molar refractivity (Wildman–Crippen MR) is 172 cm³/mol. The highest BCUT2D eigenvalue weighted by molar-refractivity contribution is 5.93. The number of benzene rings is 2. The van der Waals surface area contributed by atoms with Crippen molar-refractivity contribution < 1.29 is 28.5 Å². The molecule has 2 aliphatic heterocycles. The molecule has 1 unspecified atom stereocenters. The van der Waals surface area contributed by atoms with Gasteiger partial charge in [0.2, 0.25) is 0 Å². The van der Waals surface area contributed by atoms with E-state index in [4.69, 9.17) is 23.7 Å². The molecule has 46 heavy (non-hydrogen) atoms. The molecule has 2 aliphatic rings. The van der Waals surface area contributed by atoms with E-state index in [-0.39, 0.29) is 18.0 Å². The second-order valence-corrected chi connectivity index (χ2v) is 12.7. The number of nitrogens with one attached hydrogen (secondary N) is 2. The van der Waals surface area contributed by atoms with Crippen LogP contribution < -0.4 is 15.4 Å². The van der Waals surface area contributed by atoms with E-state index in [1.165, 1.54) is 6.33 Å². The Balaban J connectivity index is 1.10. The summed E-state index contributed by atoms with van der Waals surface area (Å²) in [7, 11) is 0. The largest absolute Gasteiger partial charge is 0.488 e. The molecule has 2 aromatic carbocycles. The summed E-state index contributed by atoms with van der Waals surface area (Å²) in [6.07, 6.45) is 4.89. The average Bonchev–Trinajstić information content (AvgIpc) is 3.67. The SMILES string of the molecule is CC(C)(C)OC(=O)Nc1ncnc2c1ncn2[C@@H]1O[C@H](CNCC=Cc2ccccc2OCc2ccccc2)[C@@H]2OC(C)(C)OC21. The summed E-state index contributed by atoms with van der Waals surface area (Å²) in [6.45, 7) is 10.8. The zero-order valence-corrected chi connectivity index (χ0v) is 26.7. The zero-order chi connectivity index (χ0) is 32.3. The highest BCUT2D eigenvalue weighted by atomic mass is 16.8. The minimum absolute atomic E-state index is 0.244. The Morgan fingerprint density at radius 2 is 1.78 bits per heavy atom. The lowest BCUT2D eigenvalue weighted by atomic mass is 10.1. The molecule has 0 spiro atoms. The smallest absolute Gasteiger partial charge is 0.413 e. The minimum Gasteiger partial charge on any atom is -0.488 e. The van der Waals surface area contributed by atoms with Crippen molar-refractivity contribution in [3.05, 3.63) is 84.5 Å². The number of fused-ring (bicyclic) bond motifs is 2. The van der Waals surface area contributed by atoms with E-state index >= 15 is 0 Å². The second-order valence-electron chi connectivity index (χ2n) is 12.7. The van der Waals surface area contributed by atoms with Crippen molar-refractivity contribution in [1.29, 1.82) is 0 Å². The van der Waals surface area contributed by atoms with Crippen LogP contribution in [0.4, 0.5) is 10.6 Å². The number of amides is 1. The molecule has 2 N–H and O–H groups in total. The Hall–Kier alpha value is -4.36. The monoisotopic (exact) mass is 628 g/mol. The van der Waals surface area contributed by atoms with Gasteiger partial charge >= 0.3 is 6.09 Å². The average molecular weight is 629 g/mol. The molecule has 0 saturated carbocycles. The van der Waals surface area contributed by atoms with Crippen LogP contribution in [0, 0.1) is 0 Å². The number of para-hydroxylation sites is 1. The first-order valence-electron chi connectivity index (χ1n) is 15.4. The van der Waals surface area contributed by atoms with Crippen LogP contribution in [-0.2, 0) is 25.6 Å². The van der Waals surface area contributed by atoms with Crippen molar-refractivity contribution in [1.82, 2.24) is 24.8 Å². The van der Waals surface area contributed by atoms with Crippen LogP contribution in [0.15, 0.2) is 73.3 Å². The number of ether oxygens (including phenoxy) is 5. The zero-order valence-electron chi connectivity index (χ0n) is 26.7. The number of nitrogens with zero attached hydrogens (tertiary/aromatic N) is 4. The molecule has 4 heterocycles. The summed E-state index contributed by atoms with van der Waals surface area (Å²) in [5.41, 5.74) is 2.36. The lowest BCUT2D eigenvalue weighted by Crippen LogP contribution is -2.37. The Morgan fingerprint density at radius 3 is 2.59 bits per heavy atom. The van der Waals surface area contributed by atoms with Crippen LogP contribution in [0.3, 0.4) is 0 Å². The molecule has 242 valence electrons. The number of anilines is 1. The number of imidazole rings is 1. The fraction of sp³-hybridized carbons (Fsp3) is 0.412. The highest BCUT2D eigenvalue weighted by Gasteiger charge is 2.56. The maximum Gasteiger partial charge on any atom is 0.413 e. The van der Waals surface area contributed by atoms with Gasteiger partial charge in [0.1, 0.15) is 42.6 Å². The number of carbonyl (C=O) groups excluding carboxylic acids is 1. The first kappa shape index (κ1) is 31.6. The first-order valence-corrected chi connectivity index (χ1v) is 15.4. The van der Waals surface area contributed by atoms with Crippen molar-refractivity contribution in [3.63, 3.8) is 0 Å². The topological polar surface area (TPSA) is 131 Å². The van der Waals surface area contributed by atoms with Gasteiger partial charge in [0.25, 0.3) is 0 Å². The molecule has 0 bridgehead atoms. The minimum atomic E-state index is -0.784. The highest BCUT2D eigenvalue weighted by Crippen LogP contribution is 2.43. The Morgan fingerprint density at radius 1 is 1.02 bits per heavy atom. The van der Waals surface area contributed by atoms with Crippen LogP contribution in [0.5, 0.6) is 5.75 Å². The molecule has 12 nitrogen and oxygen atoms in total. The van der Waals surface area contributed by atoms with E-state index < -0.39 is 29.8 Å². The molecule has 4 aromatic rings. The van der Waals surface area contributed by atoms with Crippen molar-refractivity contribution in [3.8, 4) is 5.75 Å². The normalized spacial score (nSPS) is 22.3. The fourth-order valence-electron chi connectivity index (χ4n) is 5.56. The van der Waals surface area contributed by atoms with E-state index in [1.54, 1.807) is 31.7 Å². The summed E-state index contributed by atoms with van der Waals surface area (Å²) < 4.78 is 32.4. The Bertz CT molecular complexity index is 1680. The van der Waals surface area contributed by atoms with Crippen molar-refractivity contribution in [2.45, 2.75) is 77.2 Å². The van der Waals surface area contributed by atoms with E-state index in [1.807, 2.05) is 74.5 Å². The Labute approximate surface area is 268 Å². The van der Waals surface area contributed by atoms with Gasteiger partial charge < -0.3 is 29.0 Å². The molecule has 12 heteroatoms. The van der Waals surface area contributed by atoms with Gasteiger partial charge in [0.05, 0.1) is 6.33 Å². The molecule has 1 amide bonds. The molecule has 0 aliphatic carbocycles. The van der Waals surface area contributed by atoms with Crippen LogP contribution in [0.2, 0.25) is 0 Å². The summed E-state index contributed by atoms with van der Waals surface area (Å²) in [5, 5.41) is 6.14. The molecule has 4 atom stereocenters. The summed E-state index contributed by atoms with van der Waals surface area (Å²) >= 11 is 0. The summed E-state index contributed by atoms with van der Waals surface area (Å²) in [5.74, 6) is 0.286. The molecular weight excluding hydrogens is 588 g/mol.